The first kappa shape index (κ1) is 38.1. The number of hydrogen-bond acceptors (Lipinski definition) is 6. The Kier molecular flexibility index (Phi) is 8.48. The van der Waals surface area contributed by atoms with E-state index in [1.165, 1.54) is 10.8 Å². The van der Waals surface area contributed by atoms with E-state index in [2.05, 4.69) is 226 Å². The van der Waals surface area contributed by atoms with Crippen molar-refractivity contribution in [2.75, 3.05) is 9.80 Å². The van der Waals surface area contributed by atoms with Gasteiger partial charge in [0.15, 0.2) is 11.2 Å². The van der Waals surface area contributed by atoms with Crippen LogP contribution in [0.4, 0.5) is 34.1 Å². The molecule has 0 amide bonds. The van der Waals surface area contributed by atoms with Crippen LogP contribution >= 0.6 is 0 Å². The molecule has 6 nitrogen and oxygen atoms in total. The monoisotopic (exact) mass is 870 g/mol. The molecule has 0 saturated heterocycles. The fraction of sp³-hybridized carbons (Fsp3) is 0. The Morgan fingerprint density at radius 1 is 0.279 bits per heavy atom. The van der Waals surface area contributed by atoms with Crippen molar-refractivity contribution in [3.05, 3.63) is 231 Å². The van der Waals surface area contributed by atoms with E-state index in [1.54, 1.807) is 12.4 Å². The van der Waals surface area contributed by atoms with Crippen LogP contribution < -0.4 is 9.80 Å². The molecule has 0 radical (unpaired) electrons. The Hall–Kier alpha value is -9.26. The van der Waals surface area contributed by atoms with E-state index in [4.69, 9.17) is 8.83 Å². The summed E-state index contributed by atoms with van der Waals surface area (Å²) < 4.78 is 13.5. The lowest BCUT2D eigenvalue weighted by Gasteiger charge is -2.31. The SMILES string of the molecule is c1ccc(-c2ccccc2N(c2ccc3ccc4c(N(c5ccccc5-c5ccccc5)c5cccc6c5oc5ncccc56)ccc5ccc2c3c54)c2cccc3c2oc2ncccc23)cc1. The lowest BCUT2D eigenvalue weighted by molar-refractivity contribution is 0.654. The van der Waals surface area contributed by atoms with E-state index >= 15 is 0 Å². The van der Waals surface area contributed by atoms with E-state index in [9.17, 15) is 0 Å². The van der Waals surface area contributed by atoms with Gasteiger partial charge in [-0.05, 0) is 93.3 Å². The largest absolute Gasteiger partial charge is 0.435 e. The first-order valence-electron chi connectivity index (χ1n) is 22.9. The average Bonchev–Trinajstić information content (AvgIpc) is 3.99. The summed E-state index contributed by atoms with van der Waals surface area (Å²) in [6, 6.07) is 77.7. The van der Waals surface area contributed by atoms with Crippen molar-refractivity contribution in [2.45, 2.75) is 0 Å². The molecule has 0 saturated carbocycles. The number of anilines is 6. The van der Waals surface area contributed by atoms with Crippen LogP contribution in [0.15, 0.2) is 240 Å². The number of rotatable bonds is 8. The van der Waals surface area contributed by atoms with Crippen LogP contribution in [0.5, 0.6) is 0 Å². The number of para-hydroxylation sites is 4. The van der Waals surface area contributed by atoms with Gasteiger partial charge in [0.25, 0.3) is 0 Å². The number of furan rings is 2. The molecule has 318 valence electrons. The summed E-state index contributed by atoms with van der Waals surface area (Å²) in [5.41, 5.74) is 13.2. The second-order valence-corrected chi connectivity index (χ2v) is 17.3. The van der Waals surface area contributed by atoms with Gasteiger partial charge < -0.3 is 18.6 Å². The van der Waals surface area contributed by atoms with Crippen LogP contribution in [0, 0.1) is 0 Å². The molecule has 0 aliphatic rings. The molecular formula is C62H38N4O2. The van der Waals surface area contributed by atoms with Crippen LogP contribution in [0.2, 0.25) is 0 Å². The number of pyridine rings is 2. The zero-order chi connectivity index (χ0) is 44.7. The highest BCUT2D eigenvalue weighted by molar-refractivity contribution is 6.29. The summed E-state index contributed by atoms with van der Waals surface area (Å²) >= 11 is 0. The summed E-state index contributed by atoms with van der Waals surface area (Å²) in [6.07, 6.45) is 3.58. The van der Waals surface area contributed by atoms with Gasteiger partial charge in [-0.2, -0.15) is 0 Å². The van der Waals surface area contributed by atoms with Gasteiger partial charge >= 0.3 is 0 Å². The molecule has 0 aliphatic carbocycles. The van der Waals surface area contributed by atoms with Crippen LogP contribution in [0.3, 0.4) is 0 Å². The van der Waals surface area contributed by atoms with Crippen molar-refractivity contribution >= 4 is 111 Å². The predicted octanol–water partition coefficient (Wildman–Crippen LogP) is 17.4. The first-order valence-corrected chi connectivity index (χ1v) is 22.9. The molecule has 68 heavy (non-hydrogen) atoms. The lowest BCUT2D eigenvalue weighted by atomic mass is 9.91. The Morgan fingerprint density at radius 2 is 0.676 bits per heavy atom. The molecule has 0 atom stereocenters. The Bertz CT molecular complexity index is 3960. The molecule has 10 aromatic carbocycles. The van der Waals surface area contributed by atoms with Crippen molar-refractivity contribution in [1.29, 1.82) is 0 Å². The summed E-state index contributed by atoms with van der Waals surface area (Å²) in [5.74, 6) is 0. The summed E-state index contributed by atoms with van der Waals surface area (Å²) in [6.45, 7) is 0. The van der Waals surface area contributed by atoms with Gasteiger partial charge in [-0.15, -0.1) is 0 Å². The zero-order valence-corrected chi connectivity index (χ0v) is 36.5. The van der Waals surface area contributed by atoms with E-state index in [0.29, 0.717) is 11.4 Å². The maximum atomic E-state index is 6.73. The number of aromatic nitrogens is 2. The minimum atomic E-state index is 0.613. The van der Waals surface area contributed by atoms with Crippen molar-refractivity contribution in [2.24, 2.45) is 0 Å². The normalized spacial score (nSPS) is 11.8. The summed E-state index contributed by atoms with van der Waals surface area (Å²) in [4.78, 5) is 14.1. The molecular weight excluding hydrogens is 833 g/mol. The van der Waals surface area contributed by atoms with E-state index in [0.717, 1.165) is 111 Å². The van der Waals surface area contributed by atoms with Crippen LogP contribution in [-0.4, -0.2) is 9.97 Å². The molecule has 4 aromatic heterocycles. The molecule has 0 spiro atoms. The number of benzene rings is 10. The Balaban J connectivity index is 1.06. The van der Waals surface area contributed by atoms with E-state index in [1.807, 2.05) is 12.1 Å². The average molecular weight is 871 g/mol. The van der Waals surface area contributed by atoms with Gasteiger partial charge in [0.1, 0.15) is 0 Å². The highest BCUT2D eigenvalue weighted by Gasteiger charge is 2.27. The van der Waals surface area contributed by atoms with Crippen molar-refractivity contribution in [3.8, 4) is 22.3 Å². The van der Waals surface area contributed by atoms with Crippen molar-refractivity contribution in [3.63, 3.8) is 0 Å². The molecule has 14 aromatic rings. The fourth-order valence-electron chi connectivity index (χ4n) is 10.6. The lowest BCUT2D eigenvalue weighted by Crippen LogP contribution is -2.13. The Morgan fingerprint density at radius 3 is 1.15 bits per heavy atom. The molecule has 0 N–H and O–H groups in total. The third kappa shape index (κ3) is 5.77. The van der Waals surface area contributed by atoms with Gasteiger partial charge in [-0.1, -0.05) is 158 Å². The third-order valence-electron chi connectivity index (χ3n) is 13.6. The van der Waals surface area contributed by atoms with Gasteiger partial charge in [-0.25, -0.2) is 9.97 Å². The quantitative estimate of drug-likeness (QED) is 0.142. The number of hydrogen-bond donors (Lipinski definition) is 0. The number of fused-ring (bicyclic) bond motifs is 6. The summed E-state index contributed by atoms with van der Waals surface area (Å²) in [5, 5.41) is 10.9. The topological polar surface area (TPSA) is 58.5 Å². The fourth-order valence-corrected chi connectivity index (χ4v) is 10.6. The maximum absolute atomic E-state index is 6.73. The minimum absolute atomic E-state index is 0.613. The van der Waals surface area contributed by atoms with E-state index < -0.39 is 0 Å². The molecule has 4 heterocycles. The molecule has 0 fully saturated rings. The van der Waals surface area contributed by atoms with Gasteiger partial charge in [0.2, 0.25) is 11.4 Å². The van der Waals surface area contributed by atoms with Gasteiger partial charge in [0, 0.05) is 55.8 Å². The zero-order valence-electron chi connectivity index (χ0n) is 36.5. The molecule has 14 rings (SSSR count). The smallest absolute Gasteiger partial charge is 0.227 e. The van der Waals surface area contributed by atoms with Crippen molar-refractivity contribution in [1.82, 2.24) is 9.97 Å². The van der Waals surface area contributed by atoms with Crippen LogP contribution in [-0.2, 0) is 0 Å². The van der Waals surface area contributed by atoms with Crippen molar-refractivity contribution < 1.29 is 8.83 Å². The second-order valence-electron chi connectivity index (χ2n) is 17.3. The van der Waals surface area contributed by atoms with Crippen LogP contribution in [0.25, 0.3) is 98.7 Å². The third-order valence-corrected chi connectivity index (χ3v) is 13.6. The molecule has 0 aliphatic heterocycles. The van der Waals surface area contributed by atoms with Crippen LogP contribution in [0.1, 0.15) is 0 Å². The maximum Gasteiger partial charge on any atom is 0.227 e. The summed E-state index contributed by atoms with van der Waals surface area (Å²) in [7, 11) is 0. The first-order chi connectivity index (χ1) is 33.8. The second kappa shape index (κ2) is 15.2. The minimum Gasteiger partial charge on any atom is -0.435 e. The highest BCUT2D eigenvalue weighted by atomic mass is 16.3. The van der Waals surface area contributed by atoms with Gasteiger partial charge in [0.05, 0.1) is 34.1 Å². The molecule has 6 heteroatoms. The molecule has 0 bridgehead atoms. The number of nitrogens with zero attached hydrogens (tertiary/aromatic N) is 4. The Labute approximate surface area is 390 Å². The van der Waals surface area contributed by atoms with Gasteiger partial charge in [-0.3, -0.25) is 0 Å². The molecule has 0 unspecified atom stereocenters. The standard InChI is InChI=1S/C62H38N4O2/c1-3-15-39(16-4-1)43-19-7-9-25-51(43)65(55-27-11-21-45-47-23-13-37-63-61(47)67-59(45)55)53-35-31-41-30-34-50-54(36-32-42-29-33-49(53)57(41)58(42)50)66(52-26-10-8-20-44(52)40-17-5-2-6-18-40)56-28-12-22-46-48-24-14-38-64-62(48)68-60(46)56/h1-38H. The van der Waals surface area contributed by atoms with E-state index in [-0.39, 0.29) is 0 Å². The highest BCUT2D eigenvalue weighted by Crippen LogP contribution is 2.52. The predicted molar refractivity (Wildman–Crippen MR) is 281 cm³/mol.